The highest BCUT2D eigenvalue weighted by molar-refractivity contribution is 9.10. The fourth-order valence-corrected chi connectivity index (χ4v) is 3.38. The first-order valence-corrected chi connectivity index (χ1v) is 10.1. The Hall–Kier alpha value is -3.18. The smallest absolute Gasteiger partial charge is 0.248 e. The average Bonchev–Trinajstić information content (AvgIpc) is 3.06. The summed E-state index contributed by atoms with van der Waals surface area (Å²) < 4.78 is 2.97. The number of amides is 1. The van der Waals surface area contributed by atoms with Gasteiger partial charge in [0.1, 0.15) is 5.65 Å². The summed E-state index contributed by atoms with van der Waals surface area (Å²) in [5.74, 6) is -0.191. The van der Waals surface area contributed by atoms with Gasteiger partial charge in [-0.3, -0.25) is 9.20 Å². The molecular weight excluding hydrogens is 426 g/mol. The lowest BCUT2D eigenvalue weighted by molar-refractivity contribution is -0.111. The number of benzene rings is 2. The van der Waals surface area contributed by atoms with Crippen molar-refractivity contribution in [3.8, 4) is 11.3 Å². The minimum Gasteiger partial charge on any atom is -0.323 e. The van der Waals surface area contributed by atoms with Crippen LogP contribution in [0, 0.1) is 13.8 Å². The van der Waals surface area contributed by atoms with Gasteiger partial charge in [-0.25, -0.2) is 4.98 Å². The number of rotatable bonds is 4. The topological polar surface area (TPSA) is 46.4 Å². The van der Waals surface area contributed by atoms with Crippen molar-refractivity contribution in [1.82, 2.24) is 9.38 Å². The number of carbonyl (C=O) groups is 1. The third kappa shape index (κ3) is 4.30. The molecule has 0 saturated heterocycles. The molecule has 0 radical (unpaired) electrons. The highest BCUT2D eigenvalue weighted by atomic mass is 79.9. The van der Waals surface area contributed by atoms with Crippen LogP contribution in [0.5, 0.6) is 0 Å². The van der Waals surface area contributed by atoms with Crippen LogP contribution in [0.4, 0.5) is 5.69 Å². The predicted molar refractivity (Wildman–Crippen MR) is 122 cm³/mol. The van der Waals surface area contributed by atoms with Crippen LogP contribution in [0.15, 0.2) is 77.4 Å². The molecule has 2 heterocycles. The molecule has 2 aromatic carbocycles. The van der Waals surface area contributed by atoms with Crippen molar-refractivity contribution in [2.24, 2.45) is 0 Å². The van der Waals surface area contributed by atoms with Gasteiger partial charge in [-0.05, 0) is 61.9 Å². The summed E-state index contributed by atoms with van der Waals surface area (Å²) >= 11 is 3.39. The Labute approximate surface area is 178 Å². The zero-order chi connectivity index (χ0) is 20.4. The molecule has 4 rings (SSSR count). The molecule has 0 bridgehead atoms. The number of imidazole rings is 1. The third-order valence-corrected chi connectivity index (χ3v) is 5.18. The average molecular weight is 446 g/mol. The number of pyridine rings is 1. The van der Waals surface area contributed by atoms with Gasteiger partial charge >= 0.3 is 0 Å². The minimum atomic E-state index is -0.191. The lowest BCUT2D eigenvalue weighted by atomic mass is 10.1. The molecule has 0 aliphatic rings. The number of aromatic nitrogens is 2. The highest BCUT2D eigenvalue weighted by Gasteiger charge is 2.12. The van der Waals surface area contributed by atoms with E-state index < -0.39 is 0 Å². The third-order valence-electron chi connectivity index (χ3n) is 4.65. The summed E-state index contributed by atoms with van der Waals surface area (Å²) in [6, 6.07) is 19.8. The molecule has 1 N–H and O–H groups in total. The molecule has 144 valence electrons. The lowest BCUT2D eigenvalue weighted by Gasteiger charge is -2.03. The predicted octanol–water partition coefficient (Wildman–Crippen LogP) is 6.03. The Morgan fingerprint density at radius 3 is 2.45 bits per heavy atom. The second kappa shape index (κ2) is 8.05. The van der Waals surface area contributed by atoms with E-state index >= 15 is 0 Å². The molecule has 5 heteroatoms. The van der Waals surface area contributed by atoms with Gasteiger partial charge in [0, 0.05) is 28.0 Å². The number of nitrogens with zero attached hydrogens (tertiary/aromatic N) is 2. The zero-order valence-corrected chi connectivity index (χ0v) is 17.8. The molecule has 1 amide bonds. The molecular formula is C24H20BrN3O. The highest BCUT2D eigenvalue weighted by Crippen LogP contribution is 2.26. The summed E-state index contributed by atoms with van der Waals surface area (Å²) in [6.45, 7) is 4.10. The largest absolute Gasteiger partial charge is 0.323 e. The first-order valence-electron chi connectivity index (χ1n) is 9.30. The van der Waals surface area contributed by atoms with Crippen molar-refractivity contribution in [2.75, 3.05) is 5.32 Å². The summed E-state index contributed by atoms with van der Waals surface area (Å²) in [5, 5.41) is 2.88. The molecule has 0 aliphatic heterocycles. The van der Waals surface area contributed by atoms with Crippen molar-refractivity contribution in [3.63, 3.8) is 0 Å². The van der Waals surface area contributed by atoms with Gasteiger partial charge < -0.3 is 5.32 Å². The van der Waals surface area contributed by atoms with Gasteiger partial charge in [-0.15, -0.1) is 0 Å². The summed E-state index contributed by atoms with van der Waals surface area (Å²) in [5.41, 5.74) is 6.67. The van der Waals surface area contributed by atoms with Gasteiger partial charge in [0.05, 0.1) is 11.4 Å². The standard InChI is InChI=1S/C24H20BrN3O/c1-16-3-5-18(6-4-16)24-21(28-14-13-17(2)15-22(28)27-24)11-12-23(29)26-20-9-7-19(25)8-10-20/h3-15H,1-2H3,(H,26,29)/b12-11+. The van der Waals surface area contributed by atoms with Crippen LogP contribution in [0.3, 0.4) is 0 Å². The minimum absolute atomic E-state index is 0.191. The summed E-state index contributed by atoms with van der Waals surface area (Å²) in [7, 11) is 0. The van der Waals surface area contributed by atoms with Gasteiger partial charge in [0.15, 0.2) is 0 Å². The molecule has 0 atom stereocenters. The maximum Gasteiger partial charge on any atom is 0.248 e. The summed E-state index contributed by atoms with van der Waals surface area (Å²) in [6.07, 6.45) is 5.35. The number of nitrogens with one attached hydrogen (secondary N) is 1. The van der Waals surface area contributed by atoms with Crippen LogP contribution in [-0.4, -0.2) is 15.3 Å². The van der Waals surface area contributed by atoms with Gasteiger partial charge in [0.2, 0.25) is 5.91 Å². The number of fused-ring (bicyclic) bond motifs is 1. The quantitative estimate of drug-likeness (QED) is 0.389. The van der Waals surface area contributed by atoms with E-state index in [0.717, 1.165) is 38.3 Å². The van der Waals surface area contributed by atoms with E-state index in [-0.39, 0.29) is 5.91 Å². The number of hydrogen-bond donors (Lipinski definition) is 1. The van der Waals surface area contributed by atoms with E-state index in [1.54, 1.807) is 6.08 Å². The first-order chi connectivity index (χ1) is 14.0. The molecule has 2 aromatic heterocycles. The van der Waals surface area contributed by atoms with E-state index in [1.807, 2.05) is 60.0 Å². The number of anilines is 1. The van der Waals surface area contributed by atoms with Crippen molar-refractivity contribution >= 4 is 39.2 Å². The van der Waals surface area contributed by atoms with Crippen molar-refractivity contribution in [3.05, 3.63) is 94.2 Å². The van der Waals surface area contributed by atoms with Crippen LogP contribution in [-0.2, 0) is 4.79 Å². The molecule has 0 spiro atoms. The van der Waals surface area contributed by atoms with E-state index in [9.17, 15) is 4.79 Å². The molecule has 0 unspecified atom stereocenters. The Morgan fingerprint density at radius 2 is 1.72 bits per heavy atom. The van der Waals surface area contributed by atoms with E-state index in [4.69, 9.17) is 4.98 Å². The molecule has 29 heavy (non-hydrogen) atoms. The SMILES string of the molecule is Cc1ccc(-c2nc3cc(C)ccn3c2/C=C/C(=O)Nc2ccc(Br)cc2)cc1. The maximum atomic E-state index is 12.4. The van der Waals surface area contributed by atoms with Crippen LogP contribution in [0.25, 0.3) is 23.0 Å². The Morgan fingerprint density at radius 1 is 1.00 bits per heavy atom. The summed E-state index contributed by atoms with van der Waals surface area (Å²) in [4.78, 5) is 17.3. The Balaban J connectivity index is 1.70. The second-order valence-electron chi connectivity index (χ2n) is 6.97. The Bertz CT molecular complexity index is 1210. The molecule has 0 saturated carbocycles. The lowest BCUT2D eigenvalue weighted by Crippen LogP contribution is -2.07. The van der Waals surface area contributed by atoms with Gasteiger partial charge in [-0.1, -0.05) is 45.8 Å². The van der Waals surface area contributed by atoms with Crippen molar-refractivity contribution < 1.29 is 4.79 Å². The van der Waals surface area contributed by atoms with Crippen molar-refractivity contribution in [2.45, 2.75) is 13.8 Å². The molecule has 0 aliphatic carbocycles. The molecule has 4 nitrogen and oxygen atoms in total. The van der Waals surface area contributed by atoms with Gasteiger partial charge in [0.25, 0.3) is 0 Å². The number of hydrogen-bond acceptors (Lipinski definition) is 2. The molecule has 4 aromatic rings. The monoisotopic (exact) mass is 445 g/mol. The number of aryl methyl sites for hydroxylation is 2. The normalized spacial score (nSPS) is 11.3. The van der Waals surface area contributed by atoms with E-state index in [1.165, 1.54) is 5.56 Å². The van der Waals surface area contributed by atoms with Crippen molar-refractivity contribution in [1.29, 1.82) is 0 Å². The maximum absolute atomic E-state index is 12.4. The van der Waals surface area contributed by atoms with Crippen LogP contribution in [0.2, 0.25) is 0 Å². The number of carbonyl (C=O) groups excluding carboxylic acids is 1. The van der Waals surface area contributed by atoms with E-state index in [0.29, 0.717) is 0 Å². The second-order valence-corrected chi connectivity index (χ2v) is 7.89. The fraction of sp³-hybridized carbons (Fsp3) is 0.0833. The zero-order valence-electron chi connectivity index (χ0n) is 16.2. The van der Waals surface area contributed by atoms with Crippen LogP contribution in [0.1, 0.15) is 16.8 Å². The fourth-order valence-electron chi connectivity index (χ4n) is 3.12. The number of halogens is 1. The molecule has 0 fully saturated rings. The Kier molecular flexibility index (Phi) is 5.32. The van der Waals surface area contributed by atoms with E-state index in [2.05, 4.69) is 52.4 Å². The first kappa shape index (κ1) is 19.2. The van der Waals surface area contributed by atoms with Crippen LogP contribution >= 0.6 is 15.9 Å². The van der Waals surface area contributed by atoms with Crippen LogP contribution < -0.4 is 5.32 Å². The van der Waals surface area contributed by atoms with Gasteiger partial charge in [-0.2, -0.15) is 0 Å².